The molecule has 0 saturated heterocycles. The number of nitrogens with two attached hydrogens (primary N) is 1. The Hall–Kier alpha value is -1.13. The molecule has 0 saturated carbocycles. The van der Waals surface area contributed by atoms with Crippen molar-refractivity contribution < 1.29 is 4.92 Å². The van der Waals surface area contributed by atoms with E-state index in [9.17, 15) is 10.1 Å². The molecule has 1 aromatic rings. The average molecular weight is 201 g/mol. The monoisotopic (exact) mass is 200 g/mol. The van der Waals surface area contributed by atoms with Gasteiger partial charge in [0, 0.05) is 22.7 Å². The van der Waals surface area contributed by atoms with E-state index in [2.05, 4.69) is 0 Å². The maximum Gasteiger partial charge on any atom is 0.275 e. The summed E-state index contributed by atoms with van der Waals surface area (Å²) in [6.45, 7) is 1.69. The zero-order valence-corrected chi connectivity index (χ0v) is 7.78. The van der Waals surface area contributed by atoms with Gasteiger partial charge in [-0.25, -0.2) is 0 Å². The first-order valence-electron chi connectivity index (χ1n) is 3.72. The lowest BCUT2D eigenvalue weighted by Crippen LogP contribution is -2.07. The number of nitrogens with zero attached hydrogens (tertiary/aromatic N) is 1. The molecule has 0 bridgehead atoms. The second-order valence-corrected chi connectivity index (χ2v) is 3.19. The van der Waals surface area contributed by atoms with Crippen molar-refractivity contribution in [3.05, 3.63) is 38.9 Å². The lowest BCUT2D eigenvalue weighted by molar-refractivity contribution is -0.385. The predicted octanol–water partition coefficient (Wildman–Crippen LogP) is 2.27. The number of rotatable bonds is 2. The summed E-state index contributed by atoms with van der Waals surface area (Å²) < 4.78 is 0. The van der Waals surface area contributed by atoms with E-state index in [1.54, 1.807) is 19.1 Å². The van der Waals surface area contributed by atoms with E-state index < -0.39 is 4.92 Å². The molecule has 0 fully saturated rings. The van der Waals surface area contributed by atoms with E-state index >= 15 is 0 Å². The van der Waals surface area contributed by atoms with Crippen LogP contribution in [0.15, 0.2) is 18.2 Å². The fourth-order valence-corrected chi connectivity index (χ4v) is 1.23. The molecule has 1 atom stereocenters. The van der Waals surface area contributed by atoms with Crippen LogP contribution in [-0.4, -0.2) is 4.92 Å². The van der Waals surface area contributed by atoms with Gasteiger partial charge in [-0.05, 0) is 19.1 Å². The van der Waals surface area contributed by atoms with Crippen molar-refractivity contribution in [3.63, 3.8) is 0 Å². The molecular weight excluding hydrogens is 192 g/mol. The Morgan fingerprint density at radius 3 is 2.69 bits per heavy atom. The SMILES string of the molecule is C[C@@H](N)c1ccc(Cl)cc1[N+](=O)[O-]. The normalized spacial score (nSPS) is 12.5. The van der Waals surface area contributed by atoms with Gasteiger partial charge in [-0.3, -0.25) is 10.1 Å². The van der Waals surface area contributed by atoms with Crippen LogP contribution in [0.5, 0.6) is 0 Å². The van der Waals surface area contributed by atoms with Crippen LogP contribution in [0.4, 0.5) is 5.69 Å². The highest BCUT2D eigenvalue weighted by Crippen LogP contribution is 2.26. The zero-order chi connectivity index (χ0) is 10.0. The van der Waals surface area contributed by atoms with Crippen LogP contribution in [0.3, 0.4) is 0 Å². The Bertz CT molecular complexity index is 339. The van der Waals surface area contributed by atoms with E-state index in [0.717, 1.165) is 0 Å². The highest BCUT2D eigenvalue weighted by atomic mass is 35.5. The van der Waals surface area contributed by atoms with Crippen LogP contribution in [0.2, 0.25) is 5.02 Å². The fraction of sp³-hybridized carbons (Fsp3) is 0.250. The highest BCUT2D eigenvalue weighted by molar-refractivity contribution is 6.30. The fourth-order valence-electron chi connectivity index (χ4n) is 1.06. The number of hydrogen-bond acceptors (Lipinski definition) is 3. The van der Waals surface area contributed by atoms with Crippen LogP contribution in [-0.2, 0) is 0 Å². The molecule has 70 valence electrons. The van der Waals surface area contributed by atoms with Gasteiger partial charge in [0.1, 0.15) is 0 Å². The lowest BCUT2D eigenvalue weighted by Gasteiger charge is -2.05. The van der Waals surface area contributed by atoms with Crippen molar-refractivity contribution in [3.8, 4) is 0 Å². The minimum atomic E-state index is -0.482. The van der Waals surface area contributed by atoms with Crippen molar-refractivity contribution in [2.75, 3.05) is 0 Å². The van der Waals surface area contributed by atoms with Crippen molar-refractivity contribution in [2.24, 2.45) is 5.73 Å². The van der Waals surface area contributed by atoms with Crippen LogP contribution in [0.1, 0.15) is 18.5 Å². The molecule has 0 spiro atoms. The van der Waals surface area contributed by atoms with Crippen LogP contribution < -0.4 is 5.73 Å². The Morgan fingerprint density at radius 2 is 2.23 bits per heavy atom. The van der Waals surface area contributed by atoms with Crippen LogP contribution >= 0.6 is 11.6 Å². The summed E-state index contributed by atoms with van der Waals surface area (Å²) in [4.78, 5) is 10.1. The van der Waals surface area contributed by atoms with Gasteiger partial charge in [-0.1, -0.05) is 11.6 Å². The van der Waals surface area contributed by atoms with E-state index in [4.69, 9.17) is 17.3 Å². The average Bonchev–Trinajstić information content (AvgIpc) is 2.03. The third-order valence-electron chi connectivity index (χ3n) is 1.68. The van der Waals surface area contributed by atoms with Gasteiger partial charge in [-0.2, -0.15) is 0 Å². The highest BCUT2D eigenvalue weighted by Gasteiger charge is 2.16. The number of nitro groups is 1. The van der Waals surface area contributed by atoms with Crippen molar-refractivity contribution in [1.82, 2.24) is 0 Å². The molecule has 0 unspecified atom stereocenters. The van der Waals surface area contributed by atoms with Gasteiger partial charge < -0.3 is 5.73 Å². The molecule has 0 heterocycles. The van der Waals surface area contributed by atoms with E-state index in [1.165, 1.54) is 6.07 Å². The summed E-state index contributed by atoms with van der Waals surface area (Å²) in [5, 5.41) is 10.9. The van der Waals surface area contributed by atoms with Gasteiger partial charge in [0.15, 0.2) is 0 Å². The summed E-state index contributed by atoms with van der Waals surface area (Å²) in [6, 6.07) is 4.11. The smallest absolute Gasteiger partial charge is 0.275 e. The van der Waals surface area contributed by atoms with E-state index in [0.29, 0.717) is 10.6 Å². The molecule has 1 rings (SSSR count). The summed E-state index contributed by atoms with van der Waals surface area (Å²) in [7, 11) is 0. The Morgan fingerprint density at radius 1 is 1.62 bits per heavy atom. The molecule has 0 amide bonds. The summed E-state index contributed by atoms with van der Waals surface area (Å²) in [5.74, 6) is 0. The number of nitro benzene ring substituents is 1. The first-order chi connectivity index (χ1) is 6.02. The summed E-state index contributed by atoms with van der Waals surface area (Å²) in [5.41, 5.74) is 6.02. The second kappa shape index (κ2) is 3.72. The van der Waals surface area contributed by atoms with Gasteiger partial charge in [0.25, 0.3) is 5.69 Å². The summed E-state index contributed by atoms with van der Waals surface area (Å²) >= 11 is 5.62. The molecule has 0 aliphatic heterocycles. The largest absolute Gasteiger partial charge is 0.324 e. The second-order valence-electron chi connectivity index (χ2n) is 2.75. The third kappa shape index (κ3) is 2.17. The minimum Gasteiger partial charge on any atom is -0.324 e. The Balaban J connectivity index is 3.27. The number of halogens is 1. The molecule has 13 heavy (non-hydrogen) atoms. The van der Waals surface area contributed by atoms with Crippen LogP contribution in [0.25, 0.3) is 0 Å². The van der Waals surface area contributed by atoms with Gasteiger partial charge in [0.2, 0.25) is 0 Å². The number of hydrogen-bond donors (Lipinski definition) is 1. The third-order valence-corrected chi connectivity index (χ3v) is 1.91. The quantitative estimate of drug-likeness (QED) is 0.588. The maximum absolute atomic E-state index is 10.6. The molecule has 0 aliphatic carbocycles. The summed E-state index contributed by atoms with van der Waals surface area (Å²) in [6.07, 6.45) is 0. The molecule has 0 aliphatic rings. The first kappa shape index (κ1) is 9.95. The van der Waals surface area contributed by atoms with E-state index in [1.807, 2.05) is 0 Å². The Kier molecular flexibility index (Phi) is 2.85. The van der Waals surface area contributed by atoms with Crippen molar-refractivity contribution in [2.45, 2.75) is 13.0 Å². The van der Waals surface area contributed by atoms with E-state index in [-0.39, 0.29) is 11.7 Å². The topological polar surface area (TPSA) is 69.2 Å². The molecule has 0 aromatic heterocycles. The van der Waals surface area contributed by atoms with Crippen LogP contribution in [0, 0.1) is 10.1 Å². The van der Waals surface area contributed by atoms with Gasteiger partial charge in [0.05, 0.1) is 4.92 Å². The Labute approximate surface area is 80.5 Å². The maximum atomic E-state index is 10.6. The molecular formula is C8H9ClN2O2. The molecule has 4 nitrogen and oxygen atoms in total. The standard InChI is InChI=1S/C8H9ClN2O2/c1-5(10)7-3-2-6(9)4-8(7)11(12)13/h2-5H,10H2,1H3/t5-/m1/s1. The lowest BCUT2D eigenvalue weighted by atomic mass is 10.1. The molecule has 2 N–H and O–H groups in total. The van der Waals surface area contributed by atoms with Gasteiger partial charge >= 0.3 is 0 Å². The molecule has 0 radical (unpaired) electrons. The number of benzene rings is 1. The first-order valence-corrected chi connectivity index (χ1v) is 4.09. The van der Waals surface area contributed by atoms with Gasteiger partial charge in [-0.15, -0.1) is 0 Å². The van der Waals surface area contributed by atoms with Crippen molar-refractivity contribution in [1.29, 1.82) is 0 Å². The zero-order valence-electron chi connectivity index (χ0n) is 7.03. The van der Waals surface area contributed by atoms with Crippen molar-refractivity contribution >= 4 is 17.3 Å². The molecule has 1 aromatic carbocycles. The minimum absolute atomic E-state index is 0.0255. The molecule has 5 heteroatoms. The predicted molar refractivity (Wildman–Crippen MR) is 50.7 cm³/mol.